The van der Waals surface area contributed by atoms with Gasteiger partial charge in [-0.2, -0.15) is 0 Å². The molecule has 0 aliphatic rings. The van der Waals surface area contributed by atoms with Gasteiger partial charge in [-0.1, -0.05) is 36.3 Å². The summed E-state index contributed by atoms with van der Waals surface area (Å²) in [5.74, 6) is 1.71. The van der Waals surface area contributed by atoms with Crippen molar-refractivity contribution in [2.45, 2.75) is 47.0 Å². The zero-order valence-corrected chi connectivity index (χ0v) is 12.2. The SMILES string of the molecule is CC(C)=CCCC(C)CCOc1ccc(C)cc1. The number of rotatable bonds is 7. The molecular weight excluding hydrogens is 220 g/mol. The number of hydrogen-bond acceptors (Lipinski definition) is 1. The van der Waals surface area contributed by atoms with Crippen LogP contribution < -0.4 is 4.74 Å². The zero-order chi connectivity index (χ0) is 13.4. The topological polar surface area (TPSA) is 9.23 Å². The highest BCUT2D eigenvalue weighted by atomic mass is 16.5. The molecule has 0 amide bonds. The van der Waals surface area contributed by atoms with Gasteiger partial charge in [-0.15, -0.1) is 0 Å². The van der Waals surface area contributed by atoms with Gasteiger partial charge in [-0.05, 0) is 58.1 Å². The molecule has 1 aromatic rings. The van der Waals surface area contributed by atoms with E-state index in [1.807, 2.05) is 12.1 Å². The van der Waals surface area contributed by atoms with Gasteiger partial charge in [-0.3, -0.25) is 0 Å². The lowest BCUT2D eigenvalue weighted by molar-refractivity contribution is 0.279. The normalized spacial score (nSPS) is 12.0. The van der Waals surface area contributed by atoms with Gasteiger partial charge in [0.1, 0.15) is 5.75 Å². The molecule has 0 spiro atoms. The number of ether oxygens (including phenoxy) is 1. The lowest BCUT2D eigenvalue weighted by Crippen LogP contribution is -2.04. The second-order valence-electron chi connectivity index (χ2n) is 5.41. The highest BCUT2D eigenvalue weighted by Crippen LogP contribution is 2.15. The fraction of sp³-hybridized carbons (Fsp3) is 0.529. The van der Waals surface area contributed by atoms with Gasteiger partial charge < -0.3 is 4.74 Å². The summed E-state index contributed by atoms with van der Waals surface area (Å²) in [6.07, 6.45) is 5.89. The van der Waals surface area contributed by atoms with E-state index in [0.29, 0.717) is 0 Å². The van der Waals surface area contributed by atoms with Crippen LogP contribution in [0.1, 0.15) is 45.6 Å². The van der Waals surface area contributed by atoms with Gasteiger partial charge in [0.05, 0.1) is 6.61 Å². The van der Waals surface area contributed by atoms with E-state index in [4.69, 9.17) is 4.74 Å². The van der Waals surface area contributed by atoms with Crippen molar-refractivity contribution in [2.24, 2.45) is 5.92 Å². The van der Waals surface area contributed by atoms with Crippen LogP contribution in [0.25, 0.3) is 0 Å². The van der Waals surface area contributed by atoms with Crippen molar-refractivity contribution in [1.29, 1.82) is 0 Å². The third-order valence-electron chi connectivity index (χ3n) is 3.11. The molecule has 0 radical (unpaired) electrons. The third-order valence-corrected chi connectivity index (χ3v) is 3.11. The summed E-state index contributed by atoms with van der Waals surface area (Å²) >= 11 is 0. The van der Waals surface area contributed by atoms with E-state index in [0.717, 1.165) is 24.7 Å². The van der Waals surface area contributed by atoms with Gasteiger partial charge in [0.15, 0.2) is 0 Å². The first-order valence-electron chi connectivity index (χ1n) is 6.90. The Morgan fingerprint density at radius 3 is 2.44 bits per heavy atom. The summed E-state index contributed by atoms with van der Waals surface area (Å²) in [5, 5.41) is 0. The fourth-order valence-corrected chi connectivity index (χ4v) is 1.81. The van der Waals surface area contributed by atoms with Crippen molar-refractivity contribution in [1.82, 2.24) is 0 Å². The Morgan fingerprint density at radius 2 is 1.83 bits per heavy atom. The van der Waals surface area contributed by atoms with Crippen molar-refractivity contribution in [2.75, 3.05) is 6.61 Å². The maximum absolute atomic E-state index is 5.74. The Morgan fingerprint density at radius 1 is 1.17 bits per heavy atom. The molecule has 0 bridgehead atoms. The van der Waals surface area contributed by atoms with Crippen LogP contribution in [0.4, 0.5) is 0 Å². The molecule has 1 unspecified atom stereocenters. The second-order valence-corrected chi connectivity index (χ2v) is 5.41. The predicted molar refractivity (Wildman–Crippen MR) is 79.1 cm³/mol. The van der Waals surface area contributed by atoms with Crippen LogP contribution in [0.5, 0.6) is 5.75 Å². The average molecular weight is 246 g/mol. The summed E-state index contributed by atoms with van der Waals surface area (Å²) < 4.78 is 5.74. The first-order chi connectivity index (χ1) is 8.58. The molecule has 0 saturated heterocycles. The third kappa shape index (κ3) is 6.48. The summed E-state index contributed by atoms with van der Waals surface area (Å²) in [7, 11) is 0. The van der Waals surface area contributed by atoms with E-state index < -0.39 is 0 Å². The number of hydrogen-bond donors (Lipinski definition) is 0. The quantitative estimate of drug-likeness (QED) is 0.605. The lowest BCUT2D eigenvalue weighted by Gasteiger charge is -2.11. The van der Waals surface area contributed by atoms with Crippen LogP contribution in [-0.4, -0.2) is 6.61 Å². The summed E-state index contributed by atoms with van der Waals surface area (Å²) in [4.78, 5) is 0. The molecule has 1 heteroatoms. The molecular formula is C17H26O. The Balaban J connectivity index is 2.17. The molecule has 100 valence electrons. The molecule has 1 atom stereocenters. The van der Waals surface area contributed by atoms with Gasteiger partial charge >= 0.3 is 0 Å². The molecule has 1 aromatic carbocycles. The standard InChI is InChI=1S/C17H26O/c1-14(2)6-5-7-15(3)12-13-18-17-10-8-16(4)9-11-17/h6,8-11,15H,5,7,12-13H2,1-4H3. The van der Waals surface area contributed by atoms with E-state index in [-0.39, 0.29) is 0 Å². The van der Waals surface area contributed by atoms with Crippen molar-refractivity contribution in [3.05, 3.63) is 41.5 Å². The van der Waals surface area contributed by atoms with E-state index >= 15 is 0 Å². The lowest BCUT2D eigenvalue weighted by atomic mass is 10.0. The van der Waals surface area contributed by atoms with Crippen LogP contribution >= 0.6 is 0 Å². The van der Waals surface area contributed by atoms with Gasteiger partial charge in [0, 0.05) is 0 Å². The maximum Gasteiger partial charge on any atom is 0.119 e. The zero-order valence-electron chi connectivity index (χ0n) is 12.2. The van der Waals surface area contributed by atoms with Crippen LogP contribution in [0.2, 0.25) is 0 Å². The molecule has 1 rings (SSSR count). The van der Waals surface area contributed by atoms with E-state index in [1.54, 1.807) is 0 Å². The number of allylic oxidation sites excluding steroid dienone is 2. The molecule has 0 aromatic heterocycles. The van der Waals surface area contributed by atoms with E-state index in [1.165, 1.54) is 24.0 Å². The minimum absolute atomic E-state index is 0.728. The fourth-order valence-electron chi connectivity index (χ4n) is 1.81. The summed E-state index contributed by atoms with van der Waals surface area (Å²) in [5.41, 5.74) is 2.69. The van der Waals surface area contributed by atoms with Crippen LogP contribution in [0.15, 0.2) is 35.9 Å². The van der Waals surface area contributed by atoms with E-state index in [2.05, 4.69) is 45.9 Å². The highest BCUT2D eigenvalue weighted by molar-refractivity contribution is 5.26. The van der Waals surface area contributed by atoms with Gasteiger partial charge in [0.25, 0.3) is 0 Å². The first kappa shape index (κ1) is 14.8. The highest BCUT2D eigenvalue weighted by Gasteiger charge is 2.01. The van der Waals surface area contributed by atoms with Crippen molar-refractivity contribution in [3.8, 4) is 5.75 Å². The Hall–Kier alpha value is -1.24. The molecule has 0 heterocycles. The maximum atomic E-state index is 5.74. The first-order valence-corrected chi connectivity index (χ1v) is 6.90. The van der Waals surface area contributed by atoms with Crippen molar-refractivity contribution < 1.29 is 4.74 Å². The van der Waals surface area contributed by atoms with Crippen LogP contribution in [0.3, 0.4) is 0 Å². The molecule has 0 saturated carbocycles. The molecule has 0 N–H and O–H groups in total. The Bertz CT molecular complexity index is 358. The summed E-state index contributed by atoms with van der Waals surface area (Å²) in [6.45, 7) is 9.53. The minimum Gasteiger partial charge on any atom is -0.494 e. The van der Waals surface area contributed by atoms with E-state index in [9.17, 15) is 0 Å². The summed E-state index contributed by atoms with van der Waals surface area (Å²) in [6, 6.07) is 8.27. The number of benzene rings is 1. The molecule has 0 fully saturated rings. The predicted octanol–water partition coefficient (Wildman–Crippen LogP) is 5.15. The minimum atomic E-state index is 0.728. The Kier molecular flexibility index (Phi) is 6.56. The second kappa shape index (κ2) is 7.97. The number of aryl methyl sites for hydroxylation is 1. The molecule has 0 aliphatic carbocycles. The largest absolute Gasteiger partial charge is 0.494 e. The van der Waals surface area contributed by atoms with Crippen LogP contribution in [-0.2, 0) is 0 Å². The van der Waals surface area contributed by atoms with Crippen molar-refractivity contribution >= 4 is 0 Å². The molecule has 0 aliphatic heterocycles. The Labute approximate surface area is 112 Å². The molecule has 1 nitrogen and oxygen atoms in total. The smallest absolute Gasteiger partial charge is 0.119 e. The average Bonchev–Trinajstić information content (AvgIpc) is 2.31. The molecule has 18 heavy (non-hydrogen) atoms. The van der Waals surface area contributed by atoms with Gasteiger partial charge in [0.2, 0.25) is 0 Å². The van der Waals surface area contributed by atoms with Crippen LogP contribution in [0, 0.1) is 12.8 Å². The van der Waals surface area contributed by atoms with Crippen molar-refractivity contribution in [3.63, 3.8) is 0 Å². The van der Waals surface area contributed by atoms with Gasteiger partial charge in [-0.25, -0.2) is 0 Å². The monoisotopic (exact) mass is 246 g/mol.